The molecule has 0 rings (SSSR count). The van der Waals surface area contributed by atoms with Crippen LogP contribution in [0.4, 0.5) is 0 Å². The van der Waals surface area contributed by atoms with Crippen LogP contribution in [0.3, 0.4) is 0 Å². The standard InChI is InChI=1S/C24H34IO8.3C4H9.Sn/c1-8-12-23(19(26)30-4,20(27)31-5)14-11-17(2)10-9-13-24(21(28)32-6,22(29)33-7)15-18(3)16-25;3*1-3-4-2;/h1,8,10,16H,9,11-15H2,2-7H3;3*1,3-4H2,2H3;/b8-1?,17-10-,18-16-;;;;. The van der Waals surface area contributed by atoms with E-state index in [1.807, 2.05) is 24.0 Å². The Bertz CT molecular complexity index is 995. The van der Waals surface area contributed by atoms with Crippen LogP contribution in [0.5, 0.6) is 0 Å². The van der Waals surface area contributed by atoms with Crippen LogP contribution in [-0.4, -0.2) is 70.7 Å². The van der Waals surface area contributed by atoms with Crippen molar-refractivity contribution in [3.05, 3.63) is 31.5 Å². The summed E-state index contributed by atoms with van der Waals surface area (Å²) >= 11 is -0.572. The summed E-state index contributed by atoms with van der Waals surface area (Å²) in [5.41, 5.74) is -1.14. The normalized spacial score (nSPS) is 13.1. The van der Waals surface area contributed by atoms with Crippen LogP contribution in [0.25, 0.3) is 0 Å². The third kappa shape index (κ3) is 13.6. The summed E-state index contributed by atoms with van der Waals surface area (Å²) in [6, 6.07) is 0. The molecule has 0 aliphatic rings. The van der Waals surface area contributed by atoms with Crippen LogP contribution in [-0.2, 0) is 38.1 Å². The number of esters is 4. The molecule has 8 nitrogen and oxygen atoms in total. The predicted octanol–water partition coefficient (Wildman–Crippen LogP) is 9.22. The van der Waals surface area contributed by atoms with Gasteiger partial charge in [-0.3, -0.25) is 9.59 Å². The van der Waals surface area contributed by atoms with Gasteiger partial charge in [-0.25, -0.2) is 0 Å². The second-order valence-corrected chi connectivity index (χ2v) is 26.3. The molecule has 46 heavy (non-hydrogen) atoms. The van der Waals surface area contributed by atoms with E-state index in [1.165, 1.54) is 80.3 Å². The molecule has 0 amide bonds. The van der Waals surface area contributed by atoms with Gasteiger partial charge in [-0.2, -0.15) is 0 Å². The van der Waals surface area contributed by atoms with Crippen LogP contribution < -0.4 is 0 Å². The number of carbonyl (C=O) groups excluding carboxylic acids is 4. The Balaban J connectivity index is 6.32. The van der Waals surface area contributed by atoms with Crippen molar-refractivity contribution < 1.29 is 38.1 Å². The van der Waals surface area contributed by atoms with Crippen molar-refractivity contribution in [2.75, 3.05) is 28.4 Å². The minimum absolute atomic E-state index is 0.184. The van der Waals surface area contributed by atoms with E-state index in [2.05, 4.69) is 53.5 Å². The zero-order valence-electron chi connectivity index (χ0n) is 30.1. The van der Waals surface area contributed by atoms with Crippen molar-refractivity contribution in [1.29, 1.82) is 0 Å². The van der Waals surface area contributed by atoms with Crippen LogP contribution in [0.1, 0.15) is 112 Å². The quantitative estimate of drug-likeness (QED) is 0.0236. The van der Waals surface area contributed by atoms with Gasteiger partial charge in [-0.15, -0.1) is 0 Å². The zero-order valence-corrected chi connectivity index (χ0v) is 35.1. The maximum atomic E-state index is 13.3. The van der Waals surface area contributed by atoms with E-state index in [4.69, 9.17) is 18.9 Å². The first-order valence-electron chi connectivity index (χ1n) is 16.8. The number of methoxy groups -OCH3 is 4. The first kappa shape index (κ1) is 44.6. The Morgan fingerprint density at radius 1 is 0.674 bits per heavy atom. The number of rotatable bonds is 24. The SMILES string of the molecule is CCC[CH2][Sn](/[CH]=C/CC(CC/C(C)=C\CCC(C/C(C)=C\I)(C(=O)OC)C(=O)OC)(C(=O)OC)C(=O)OC)([CH2]CCC)[CH2]CCC. The maximum absolute atomic E-state index is 13.3. The fraction of sp³-hybridized carbons (Fsp3) is 0.722. The average molecular weight is 867 g/mol. The number of hydrogen-bond acceptors (Lipinski definition) is 8. The Kier molecular flexibility index (Phi) is 23.2. The van der Waals surface area contributed by atoms with E-state index >= 15 is 0 Å². The van der Waals surface area contributed by atoms with E-state index in [-0.39, 0.29) is 25.7 Å². The first-order chi connectivity index (χ1) is 21.9. The molecule has 0 saturated carbocycles. The first-order valence-corrected chi connectivity index (χ1v) is 25.8. The van der Waals surface area contributed by atoms with E-state index in [0.29, 0.717) is 12.8 Å². The monoisotopic (exact) mass is 868 g/mol. The van der Waals surface area contributed by atoms with Gasteiger partial charge in [0.2, 0.25) is 0 Å². The molecule has 0 aliphatic heterocycles. The van der Waals surface area contributed by atoms with Crippen LogP contribution >= 0.6 is 22.6 Å². The van der Waals surface area contributed by atoms with Gasteiger partial charge in [0.05, 0.1) is 14.2 Å². The van der Waals surface area contributed by atoms with Gasteiger partial charge < -0.3 is 9.47 Å². The number of unbranched alkanes of at least 4 members (excludes halogenated alkanes) is 3. The minimum atomic E-state index is -2.66. The van der Waals surface area contributed by atoms with Gasteiger partial charge in [-0.1, -0.05) is 28.2 Å². The third-order valence-electron chi connectivity index (χ3n) is 9.10. The van der Waals surface area contributed by atoms with E-state index < -0.39 is 53.1 Å². The summed E-state index contributed by atoms with van der Waals surface area (Å²) in [6.07, 6.45) is 12.9. The van der Waals surface area contributed by atoms with Gasteiger partial charge in [0.15, 0.2) is 0 Å². The molecular weight excluding hydrogens is 806 g/mol. The fourth-order valence-electron chi connectivity index (χ4n) is 6.17. The van der Waals surface area contributed by atoms with Crippen LogP contribution in [0, 0.1) is 10.8 Å². The average Bonchev–Trinajstić information content (AvgIpc) is 3.07. The molecule has 0 saturated heterocycles. The van der Waals surface area contributed by atoms with Gasteiger partial charge in [-0.05, 0) is 11.0 Å². The summed E-state index contributed by atoms with van der Waals surface area (Å²) < 4.78 is 28.7. The van der Waals surface area contributed by atoms with E-state index in [0.717, 1.165) is 11.1 Å². The molecule has 0 aliphatic carbocycles. The van der Waals surface area contributed by atoms with Crippen molar-refractivity contribution in [1.82, 2.24) is 0 Å². The molecule has 0 aromatic heterocycles. The Morgan fingerprint density at radius 3 is 1.50 bits per heavy atom. The zero-order chi connectivity index (χ0) is 35.2. The molecule has 0 unspecified atom stereocenters. The molecule has 0 atom stereocenters. The predicted molar refractivity (Wildman–Crippen MR) is 196 cm³/mol. The van der Waals surface area contributed by atoms with Crippen molar-refractivity contribution in [3.63, 3.8) is 0 Å². The van der Waals surface area contributed by atoms with Gasteiger partial charge in [0.1, 0.15) is 0 Å². The molecular formula is C36H61IO8Sn. The third-order valence-corrected chi connectivity index (χ3v) is 24.4. The Labute approximate surface area is 296 Å². The number of hydrogen-bond donors (Lipinski definition) is 0. The summed E-state index contributed by atoms with van der Waals surface area (Å²) in [5, 5.41) is 0. The molecule has 0 aromatic rings. The number of halogens is 1. The second-order valence-electron chi connectivity index (χ2n) is 12.6. The number of allylic oxidation sites excluding steroid dienone is 4. The van der Waals surface area contributed by atoms with Gasteiger partial charge >= 0.3 is 226 Å². The van der Waals surface area contributed by atoms with Crippen LogP contribution in [0.2, 0.25) is 13.3 Å². The van der Waals surface area contributed by atoms with E-state index in [9.17, 15) is 19.2 Å². The summed E-state index contributed by atoms with van der Waals surface area (Å²) in [4.78, 5) is 52.5. The summed E-state index contributed by atoms with van der Waals surface area (Å²) in [5.74, 6) is -2.46. The summed E-state index contributed by atoms with van der Waals surface area (Å²) in [6.45, 7) is 10.5. The molecule has 0 radical (unpaired) electrons. The molecule has 0 bridgehead atoms. The van der Waals surface area contributed by atoms with Crippen molar-refractivity contribution in [2.45, 2.75) is 125 Å². The summed E-state index contributed by atoms with van der Waals surface area (Å²) in [7, 11) is 5.16. The molecule has 264 valence electrons. The molecule has 0 aromatic carbocycles. The van der Waals surface area contributed by atoms with Gasteiger partial charge in [0.25, 0.3) is 0 Å². The van der Waals surface area contributed by atoms with Crippen molar-refractivity contribution in [2.24, 2.45) is 10.8 Å². The molecule has 0 heterocycles. The van der Waals surface area contributed by atoms with Gasteiger partial charge in [0, 0.05) is 0 Å². The van der Waals surface area contributed by atoms with Crippen molar-refractivity contribution in [3.8, 4) is 0 Å². The van der Waals surface area contributed by atoms with E-state index in [1.54, 1.807) is 0 Å². The molecule has 0 spiro atoms. The number of ether oxygens (including phenoxy) is 4. The molecule has 0 N–H and O–H groups in total. The number of carbonyl (C=O) groups is 4. The van der Waals surface area contributed by atoms with Crippen LogP contribution in [0.15, 0.2) is 31.5 Å². The van der Waals surface area contributed by atoms with Crippen molar-refractivity contribution >= 4 is 64.8 Å². The molecule has 10 heteroatoms. The fourth-order valence-corrected chi connectivity index (χ4v) is 20.8. The molecule has 0 fully saturated rings. The second kappa shape index (κ2) is 23.9. The Morgan fingerprint density at radius 2 is 1.11 bits per heavy atom. The Hall–Kier alpha value is -1.37. The topological polar surface area (TPSA) is 105 Å².